The van der Waals surface area contributed by atoms with E-state index in [4.69, 9.17) is 11.6 Å². The average Bonchev–Trinajstić information content (AvgIpc) is 2.62. The fraction of sp³-hybridized carbons (Fsp3) is 0.273. The first-order valence-corrected chi connectivity index (χ1v) is 6.56. The molecule has 1 N–H and O–H groups in total. The lowest BCUT2D eigenvalue weighted by Gasteiger charge is -2.08. The van der Waals surface area contributed by atoms with Crippen LogP contribution in [0.4, 0.5) is 14.9 Å². The lowest BCUT2D eigenvalue weighted by atomic mass is 10.2. The Morgan fingerprint density at radius 2 is 2.32 bits per heavy atom. The van der Waals surface area contributed by atoms with E-state index >= 15 is 0 Å². The van der Waals surface area contributed by atoms with Gasteiger partial charge in [-0.3, -0.25) is 10.1 Å². The van der Waals surface area contributed by atoms with Crippen LogP contribution in [-0.4, -0.2) is 17.3 Å². The number of benzene rings is 1. The number of aromatic nitrogens is 1. The predicted octanol–water partition coefficient (Wildman–Crippen LogP) is 2.96. The number of fused-ring (bicyclic) bond motifs is 1. The van der Waals surface area contributed by atoms with Crippen LogP contribution < -0.4 is 10.2 Å². The summed E-state index contributed by atoms with van der Waals surface area (Å²) in [7, 11) is 1.53. The highest BCUT2D eigenvalue weighted by Gasteiger charge is 2.19. The zero-order valence-corrected chi connectivity index (χ0v) is 11.7. The molecule has 0 saturated heterocycles. The second-order valence-electron chi connectivity index (χ2n) is 3.67. The number of nitrogens with zero attached hydrogens (tertiary/aromatic N) is 1. The monoisotopic (exact) mass is 304 g/mol. The van der Waals surface area contributed by atoms with E-state index in [2.05, 4.69) is 10.1 Å². The number of aryl methyl sites for hydroxylation is 1. The molecule has 0 bridgehead atoms. The number of anilines is 1. The maximum absolute atomic E-state index is 13.9. The van der Waals surface area contributed by atoms with Crippen LogP contribution in [0.3, 0.4) is 0 Å². The number of carbonyl (C=O) groups is 1. The van der Waals surface area contributed by atoms with Crippen LogP contribution in [0.1, 0.15) is 6.92 Å². The Balaban J connectivity index is 2.63. The Morgan fingerprint density at radius 3 is 2.95 bits per heavy atom. The molecule has 1 aromatic carbocycles. The molecular formula is C11H10ClFN2O3S. The molecule has 0 saturated carbocycles. The van der Waals surface area contributed by atoms with E-state index < -0.39 is 11.9 Å². The predicted molar refractivity (Wildman–Crippen MR) is 72.7 cm³/mol. The van der Waals surface area contributed by atoms with Gasteiger partial charge in [0.1, 0.15) is 5.82 Å². The van der Waals surface area contributed by atoms with Gasteiger partial charge >= 0.3 is 11.0 Å². The van der Waals surface area contributed by atoms with Crippen molar-refractivity contribution in [2.75, 3.05) is 11.9 Å². The fourth-order valence-electron chi connectivity index (χ4n) is 1.63. The molecule has 0 spiro atoms. The fourth-order valence-corrected chi connectivity index (χ4v) is 3.00. The normalized spacial score (nSPS) is 10.7. The Labute approximate surface area is 116 Å². The lowest BCUT2D eigenvalue weighted by Crippen LogP contribution is -2.14. The van der Waals surface area contributed by atoms with Crippen molar-refractivity contribution in [2.45, 2.75) is 6.92 Å². The number of nitrogens with one attached hydrogen (secondary N) is 1. The minimum atomic E-state index is -0.784. The SMILES string of the molecule is CCOC(=O)Nc1c(F)cc(Cl)c2c1sc(=O)n2C. The highest BCUT2D eigenvalue weighted by molar-refractivity contribution is 7.17. The maximum Gasteiger partial charge on any atom is 0.411 e. The van der Waals surface area contributed by atoms with Crippen molar-refractivity contribution in [3.63, 3.8) is 0 Å². The van der Waals surface area contributed by atoms with Gasteiger partial charge in [0.05, 0.1) is 27.5 Å². The van der Waals surface area contributed by atoms with Crippen LogP contribution in [0.15, 0.2) is 10.9 Å². The first-order valence-electron chi connectivity index (χ1n) is 5.37. The summed E-state index contributed by atoms with van der Waals surface area (Å²) in [4.78, 5) is 22.7. The Hall–Kier alpha value is -1.60. The molecule has 0 unspecified atom stereocenters. The molecule has 2 rings (SSSR count). The van der Waals surface area contributed by atoms with Gasteiger partial charge in [-0.25, -0.2) is 9.18 Å². The Kier molecular flexibility index (Phi) is 3.77. The van der Waals surface area contributed by atoms with Crippen LogP contribution >= 0.6 is 22.9 Å². The van der Waals surface area contributed by atoms with Gasteiger partial charge in [0, 0.05) is 7.05 Å². The summed E-state index contributed by atoms with van der Waals surface area (Å²) in [6, 6.07) is 1.05. The number of halogens is 2. The molecule has 102 valence electrons. The van der Waals surface area contributed by atoms with Crippen molar-refractivity contribution in [1.82, 2.24) is 4.57 Å². The number of hydrogen-bond donors (Lipinski definition) is 1. The van der Waals surface area contributed by atoms with Gasteiger partial charge in [-0.1, -0.05) is 22.9 Å². The molecule has 1 heterocycles. The average molecular weight is 305 g/mol. The summed E-state index contributed by atoms with van der Waals surface area (Å²) < 4.78 is 20.1. The molecule has 0 fully saturated rings. The molecule has 5 nitrogen and oxygen atoms in total. The van der Waals surface area contributed by atoms with Gasteiger partial charge in [-0.05, 0) is 13.0 Å². The van der Waals surface area contributed by atoms with Crippen LogP contribution in [-0.2, 0) is 11.8 Å². The molecule has 0 radical (unpaired) electrons. The van der Waals surface area contributed by atoms with E-state index in [-0.39, 0.29) is 26.9 Å². The number of thiazole rings is 1. The zero-order valence-electron chi connectivity index (χ0n) is 10.1. The molecule has 2 aromatic rings. The molecule has 1 aromatic heterocycles. The Bertz CT molecular complexity index is 710. The highest BCUT2D eigenvalue weighted by Crippen LogP contribution is 2.34. The molecule has 1 amide bonds. The van der Waals surface area contributed by atoms with Gasteiger partial charge in [0.2, 0.25) is 0 Å². The quantitative estimate of drug-likeness (QED) is 0.928. The van der Waals surface area contributed by atoms with E-state index in [0.717, 1.165) is 17.4 Å². The summed E-state index contributed by atoms with van der Waals surface area (Å²) in [5.41, 5.74) is 0.283. The minimum Gasteiger partial charge on any atom is -0.450 e. The van der Waals surface area contributed by atoms with Crippen molar-refractivity contribution in [3.8, 4) is 0 Å². The van der Waals surface area contributed by atoms with E-state index in [1.165, 1.54) is 11.6 Å². The van der Waals surface area contributed by atoms with Gasteiger partial charge in [0.25, 0.3) is 0 Å². The van der Waals surface area contributed by atoms with Gasteiger partial charge in [0.15, 0.2) is 0 Å². The number of carbonyl (C=O) groups excluding carboxylic acids is 1. The van der Waals surface area contributed by atoms with Gasteiger partial charge in [-0.15, -0.1) is 0 Å². The first kappa shape index (κ1) is 13.8. The van der Waals surface area contributed by atoms with Gasteiger partial charge < -0.3 is 9.30 Å². The molecule has 0 aliphatic rings. The summed E-state index contributed by atoms with van der Waals surface area (Å²) in [5, 5.41) is 2.40. The van der Waals surface area contributed by atoms with E-state index in [1.54, 1.807) is 6.92 Å². The largest absolute Gasteiger partial charge is 0.450 e. The van der Waals surface area contributed by atoms with Crippen molar-refractivity contribution in [3.05, 3.63) is 26.6 Å². The number of amides is 1. The first-order chi connectivity index (χ1) is 8.95. The highest BCUT2D eigenvalue weighted by atomic mass is 35.5. The molecule has 0 aliphatic carbocycles. The summed E-state index contributed by atoms with van der Waals surface area (Å²) in [6.07, 6.45) is -0.784. The molecular weight excluding hydrogens is 295 g/mol. The third kappa shape index (κ3) is 2.43. The smallest absolute Gasteiger partial charge is 0.411 e. The van der Waals surface area contributed by atoms with Crippen LogP contribution in [0.5, 0.6) is 0 Å². The van der Waals surface area contributed by atoms with Gasteiger partial charge in [-0.2, -0.15) is 0 Å². The third-order valence-corrected chi connectivity index (χ3v) is 3.80. The van der Waals surface area contributed by atoms with E-state index in [9.17, 15) is 14.0 Å². The lowest BCUT2D eigenvalue weighted by molar-refractivity contribution is 0.168. The number of rotatable bonds is 2. The number of ether oxygens (including phenoxy) is 1. The third-order valence-electron chi connectivity index (χ3n) is 2.46. The minimum absolute atomic E-state index is 0.0967. The second-order valence-corrected chi connectivity index (χ2v) is 5.03. The van der Waals surface area contributed by atoms with Crippen molar-refractivity contribution < 1.29 is 13.9 Å². The molecule has 8 heteroatoms. The molecule has 19 heavy (non-hydrogen) atoms. The van der Waals surface area contributed by atoms with Crippen LogP contribution in [0.2, 0.25) is 5.02 Å². The van der Waals surface area contributed by atoms with Crippen LogP contribution in [0, 0.1) is 5.82 Å². The van der Waals surface area contributed by atoms with Crippen molar-refractivity contribution in [1.29, 1.82) is 0 Å². The number of hydrogen-bond acceptors (Lipinski definition) is 4. The van der Waals surface area contributed by atoms with Crippen molar-refractivity contribution in [2.24, 2.45) is 7.05 Å². The summed E-state index contributed by atoms with van der Waals surface area (Å²) >= 11 is 6.72. The van der Waals surface area contributed by atoms with Crippen LogP contribution in [0.25, 0.3) is 10.2 Å². The summed E-state index contributed by atoms with van der Waals surface area (Å²) in [6.45, 7) is 1.80. The second kappa shape index (κ2) is 5.18. The molecule has 0 aliphatic heterocycles. The Morgan fingerprint density at radius 1 is 1.63 bits per heavy atom. The standard InChI is InChI=1S/C11H10ClFN2O3S/c1-3-18-10(16)14-7-6(13)4-5(12)8-9(7)19-11(17)15(8)2/h4H,3H2,1-2H3,(H,14,16). The van der Waals surface area contributed by atoms with Crippen molar-refractivity contribution >= 4 is 44.9 Å². The summed E-state index contributed by atoms with van der Waals surface area (Å²) in [5.74, 6) is -0.715. The van der Waals surface area contributed by atoms with E-state index in [1.807, 2.05) is 0 Å². The maximum atomic E-state index is 13.9. The zero-order chi connectivity index (χ0) is 14.2. The van der Waals surface area contributed by atoms with E-state index in [0.29, 0.717) is 5.52 Å². The molecule has 0 atom stereocenters. The topological polar surface area (TPSA) is 60.3 Å².